The molecule has 0 aliphatic rings. The molecule has 0 saturated carbocycles. The van der Waals surface area contributed by atoms with Crippen molar-refractivity contribution in [1.82, 2.24) is 0 Å². The minimum absolute atomic E-state index is 0.266. The van der Waals surface area contributed by atoms with Crippen LogP contribution in [0.3, 0.4) is 0 Å². The Labute approximate surface area is 113 Å². The van der Waals surface area contributed by atoms with E-state index in [1.165, 1.54) is 18.4 Å². The van der Waals surface area contributed by atoms with Gasteiger partial charge in [-0.2, -0.15) is 0 Å². The fraction of sp³-hybridized carbons (Fsp3) is 0.0833. The van der Waals surface area contributed by atoms with Crippen molar-refractivity contribution in [2.75, 3.05) is 18.2 Å². The van der Waals surface area contributed by atoms with Crippen molar-refractivity contribution in [3.05, 3.63) is 39.5 Å². The number of methoxy groups -OCH3 is 1. The highest BCUT2D eigenvalue weighted by Crippen LogP contribution is 2.29. The van der Waals surface area contributed by atoms with Gasteiger partial charge in [-0.25, -0.2) is 0 Å². The molecule has 0 unspecified atom stereocenters. The molecule has 0 bridgehead atoms. The number of thiophene rings is 1. The fourth-order valence-electron chi connectivity index (χ4n) is 1.45. The molecule has 2 rings (SSSR count). The van der Waals surface area contributed by atoms with Crippen LogP contribution in [0.2, 0.25) is 5.02 Å². The molecule has 3 N–H and O–H groups in total. The Balaban J connectivity index is 2.24. The van der Waals surface area contributed by atoms with Gasteiger partial charge in [-0.1, -0.05) is 11.6 Å². The first-order valence-corrected chi connectivity index (χ1v) is 6.35. The number of carbonyl (C=O) groups is 1. The van der Waals surface area contributed by atoms with Crippen molar-refractivity contribution < 1.29 is 9.53 Å². The Morgan fingerprint density at radius 2 is 2.22 bits per heavy atom. The van der Waals surface area contributed by atoms with Crippen LogP contribution in [0, 0.1) is 0 Å². The van der Waals surface area contributed by atoms with Crippen LogP contribution in [0.1, 0.15) is 9.67 Å². The summed E-state index contributed by atoms with van der Waals surface area (Å²) in [6.45, 7) is 0. The number of hydrogen-bond acceptors (Lipinski definition) is 4. The smallest absolute Gasteiger partial charge is 0.267 e. The molecule has 1 aromatic heterocycles. The number of ether oxygens (including phenoxy) is 1. The molecule has 0 saturated heterocycles. The van der Waals surface area contributed by atoms with Crippen molar-refractivity contribution >= 4 is 40.2 Å². The third-order valence-corrected chi connectivity index (χ3v) is 3.64. The largest absolute Gasteiger partial charge is 0.494 e. The second kappa shape index (κ2) is 5.29. The van der Waals surface area contributed by atoms with Crippen LogP contribution >= 0.6 is 22.9 Å². The molecule has 1 amide bonds. The molecule has 2 aromatic rings. The first-order chi connectivity index (χ1) is 8.61. The molecule has 0 atom stereocenters. The summed E-state index contributed by atoms with van der Waals surface area (Å²) in [5, 5.41) is 4.94. The van der Waals surface area contributed by atoms with Crippen molar-refractivity contribution in [2.45, 2.75) is 0 Å². The maximum Gasteiger partial charge on any atom is 0.267 e. The third-order valence-electron chi connectivity index (χ3n) is 2.30. The predicted molar refractivity (Wildman–Crippen MR) is 74.7 cm³/mol. The average molecular weight is 283 g/mol. The minimum atomic E-state index is -0.266. The van der Waals surface area contributed by atoms with Crippen LogP contribution in [-0.2, 0) is 0 Å². The van der Waals surface area contributed by atoms with Crippen LogP contribution in [0.5, 0.6) is 5.75 Å². The van der Waals surface area contributed by atoms with Gasteiger partial charge < -0.3 is 15.8 Å². The van der Waals surface area contributed by atoms with Gasteiger partial charge in [0.1, 0.15) is 10.6 Å². The van der Waals surface area contributed by atoms with Crippen LogP contribution in [-0.4, -0.2) is 13.0 Å². The number of amides is 1. The SMILES string of the molecule is COc1cc(N)ccc1NC(=O)c1sccc1Cl. The van der Waals surface area contributed by atoms with Gasteiger partial charge in [0.15, 0.2) is 0 Å². The van der Waals surface area contributed by atoms with E-state index in [1.807, 2.05) is 0 Å². The van der Waals surface area contributed by atoms with Crippen LogP contribution in [0.15, 0.2) is 29.6 Å². The molecule has 0 aliphatic heterocycles. The Morgan fingerprint density at radius 3 is 2.83 bits per heavy atom. The number of nitrogen functional groups attached to an aromatic ring is 1. The third kappa shape index (κ3) is 2.57. The first kappa shape index (κ1) is 12.7. The highest BCUT2D eigenvalue weighted by Gasteiger charge is 2.14. The van der Waals surface area contributed by atoms with E-state index in [1.54, 1.807) is 29.6 Å². The van der Waals surface area contributed by atoms with Gasteiger partial charge in [0.2, 0.25) is 0 Å². The quantitative estimate of drug-likeness (QED) is 0.850. The Kier molecular flexibility index (Phi) is 3.74. The monoisotopic (exact) mass is 282 g/mol. The van der Waals surface area contributed by atoms with E-state index < -0.39 is 0 Å². The number of benzene rings is 1. The van der Waals surface area contributed by atoms with E-state index >= 15 is 0 Å². The molecular formula is C12H11ClN2O2S. The van der Waals surface area contributed by atoms with E-state index in [2.05, 4.69) is 5.32 Å². The molecule has 18 heavy (non-hydrogen) atoms. The van der Waals surface area contributed by atoms with Crippen LogP contribution in [0.4, 0.5) is 11.4 Å². The van der Waals surface area contributed by atoms with Crippen molar-refractivity contribution in [2.24, 2.45) is 0 Å². The number of hydrogen-bond donors (Lipinski definition) is 2. The standard InChI is InChI=1S/C12H11ClN2O2S/c1-17-10-6-7(14)2-3-9(10)15-12(16)11-8(13)4-5-18-11/h2-6H,14H2,1H3,(H,15,16). The molecule has 4 nitrogen and oxygen atoms in total. The Morgan fingerprint density at radius 1 is 1.44 bits per heavy atom. The van der Waals surface area contributed by atoms with Gasteiger partial charge in [-0.3, -0.25) is 4.79 Å². The van der Waals surface area contributed by atoms with Gasteiger partial charge in [-0.05, 0) is 23.6 Å². The zero-order valence-electron chi connectivity index (χ0n) is 9.57. The minimum Gasteiger partial charge on any atom is -0.494 e. The van der Waals surface area contributed by atoms with E-state index in [9.17, 15) is 4.79 Å². The number of carbonyl (C=O) groups excluding carboxylic acids is 1. The van der Waals surface area contributed by atoms with Gasteiger partial charge in [0.25, 0.3) is 5.91 Å². The number of rotatable bonds is 3. The summed E-state index contributed by atoms with van der Waals surface area (Å²) in [6.07, 6.45) is 0. The molecule has 6 heteroatoms. The molecule has 0 radical (unpaired) electrons. The van der Waals surface area contributed by atoms with Crippen molar-refractivity contribution in [1.29, 1.82) is 0 Å². The van der Waals surface area contributed by atoms with Gasteiger partial charge in [0, 0.05) is 11.8 Å². The zero-order chi connectivity index (χ0) is 13.1. The topological polar surface area (TPSA) is 64.3 Å². The molecule has 1 heterocycles. The molecule has 0 spiro atoms. The molecular weight excluding hydrogens is 272 g/mol. The normalized spacial score (nSPS) is 10.1. The lowest BCUT2D eigenvalue weighted by molar-refractivity contribution is 0.103. The number of nitrogens with one attached hydrogen (secondary N) is 1. The summed E-state index contributed by atoms with van der Waals surface area (Å²) in [5.74, 6) is 0.245. The average Bonchev–Trinajstić information content (AvgIpc) is 2.77. The second-order valence-corrected chi connectivity index (χ2v) is 4.83. The molecule has 0 aliphatic carbocycles. The number of anilines is 2. The maximum atomic E-state index is 12.0. The lowest BCUT2D eigenvalue weighted by Crippen LogP contribution is -2.11. The summed E-state index contributed by atoms with van der Waals surface area (Å²) in [6, 6.07) is 6.70. The van der Waals surface area contributed by atoms with Gasteiger partial charge in [-0.15, -0.1) is 11.3 Å². The van der Waals surface area contributed by atoms with Crippen molar-refractivity contribution in [3.8, 4) is 5.75 Å². The summed E-state index contributed by atoms with van der Waals surface area (Å²) in [7, 11) is 1.52. The van der Waals surface area contributed by atoms with Gasteiger partial charge >= 0.3 is 0 Å². The summed E-state index contributed by atoms with van der Waals surface area (Å²) >= 11 is 7.18. The fourth-order valence-corrected chi connectivity index (χ4v) is 2.48. The van der Waals surface area contributed by atoms with E-state index in [4.69, 9.17) is 22.1 Å². The Hall–Kier alpha value is -1.72. The van der Waals surface area contributed by atoms with Gasteiger partial charge in [0.05, 0.1) is 17.8 Å². The molecule has 1 aromatic carbocycles. The molecule has 0 fully saturated rings. The summed E-state index contributed by atoms with van der Waals surface area (Å²) < 4.78 is 5.15. The molecule has 94 valence electrons. The lowest BCUT2D eigenvalue weighted by Gasteiger charge is -2.10. The van der Waals surface area contributed by atoms with Crippen LogP contribution < -0.4 is 15.8 Å². The lowest BCUT2D eigenvalue weighted by atomic mass is 10.2. The highest BCUT2D eigenvalue weighted by atomic mass is 35.5. The first-order valence-electron chi connectivity index (χ1n) is 5.09. The summed E-state index contributed by atoms with van der Waals surface area (Å²) in [4.78, 5) is 12.4. The second-order valence-electron chi connectivity index (χ2n) is 3.51. The maximum absolute atomic E-state index is 12.0. The summed E-state index contributed by atoms with van der Waals surface area (Å²) in [5.41, 5.74) is 6.77. The predicted octanol–water partition coefficient (Wildman–Crippen LogP) is 3.24. The van der Waals surface area contributed by atoms with Crippen LogP contribution in [0.25, 0.3) is 0 Å². The van der Waals surface area contributed by atoms with E-state index in [0.29, 0.717) is 27.0 Å². The Bertz CT molecular complexity index is 583. The number of halogens is 1. The van der Waals surface area contributed by atoms with E-state index in [-0.39, 0.29) is 5.91 Å². The zero-order valence-corrected chi connectivity index (χ0v) is 11.1. The number of nitrogens with two attached hydrogens (primary N) is 1. The highest BCUT2D eigenvalue weighted by molar-refractivity contribution is 7.12. The van der Waals surface area contributed by atoms with Crippen molar-refractivity contribution in [3.63, 3.8) is 0 Å². The van der Waals surface area contributed by atoms with E-state index in [0.717, 1.165) is 0 Å².